The van der Waals surface area contributed by atoms with Crippen LogP contribution in [0.1, 0.15) is 36.7 Å². The molecule has 0 saturated heterocycles. The summed E-state index contributed by atoms with van der Waals surface area (Å²) < 4.78 is 45.8. The number of hydrogen-bond donors (Lipinski definition) is 4. The Kier molecular flexibility index (Phi) is 8.87. The molecule has 204 valence electrons. The third-order valence-corrected chi connectivity index (χ3v) is 6.86. The number of carboxylic acids is 1. The van der Waals surface area contributed by atoms with Gasteiger partial charge in [0.05, 0.1) is 29.9 Å². The first-order valence-electron chi connectivity index (χ1n) is 11.6. The smallest absolute Gasteiger partial charge is 0.335 e. The van der Waals surface area contributed by atoms with E-state index in [0.29, 0.717) is 5.75 Å². The van der Waals surface area contributed by atoms with E-state index in [1.165, 1.54) is 19.2 Å². The maximum Gasteiger partial charge on any atom is 0.335 e. The molecule has 3 aromatic rings. The Bertz CT molecular complexity index is 1380. The van der Waals surface area contributed by atoms with Crippen molar-refractivity contribution in [1.29, 1.82) is 0 Å². The molecular formula is C27H31NO9S. The zero-order valence-corrected chi connectivity index (χ0v) is 22.3. The molecule has 0 radical (unpaired) electrons. The zero-order chi connectivity index (χ0) is 28.1. The summed E-state index contributed by atoms with van der Waals surface area (Å²) in [6, 6.07) is 15.0. The molecule has 0 spiro atoms. The van der Waals surface area contributed by atoms with Crippen molar-refractivity contribution < 1.29 is 42.7 Å². The lowest BCUT2D eigenvalue weighted by Crippen LogP contribution is -2.22. The summed E-state index contributed by atoms with van der Waals surface area (Å²) in [4.78, 5) is 11.8. The van der Waals surface area contributed by atoms with Gasteiger partial charge in [-0.2, -0.15) is 0 Å². The number of carboxylic acid groups (broad SMARTS) is 1. The lowest BCUT2D eigenvalue weighted by atomic mass is 9.87. The van der Waals surface area contributed by atoms with Crippen molar-refractivity contribution in [3.63, 3.8) is 0 Å². The highest BCUT2D eigenvalue weighted by molar-refractivity contribution is 7.92. The molecule has 0 heterocycles. The lowest BCUT2D eigenvalue weighted by molar-refractivity contribution is 0.0528. The van der Waals surface area contributed by atoms with Gasteiger partial charge in [-0.15, -0.1) is 0 Å². The fraction of sp³-hybridized carbons (Fsp3) is 0.296. The summed E-state index contributed by atoms with van der Waals surface area (Å²) in [5.41, 5.74) is 0.247. The molecule has 0 amide bonds. The van der Waals surface area contributed by atoms with Gasteiger partial charge in [-0.3, -0.25) is 4.72 Å². The summed E-state index contributed by atoms with van der Waals surface area (Å²) in [5, 5.41) is 28.6. The summed E-state index contributed by atoms with van der Waals surface area (Å²) in [6.45, 7) is 5.00. The standard InChI is InChI=1S/C27H31NO9S/c1-27(2,3)18-8-10-22(11-9-18)38(33,34)28-23-12-17(26(31)32)13-24(36-16-19(30)15-29)25(23)37-21-7-5-6-20(14-21)35-4/h5-14,19,28-30H,15-16H2,1-4H3,(H,31,32). The number of carbonyl (C=O) groups is 1. The second-order valence-electron chi connectivity index (χ2n) is 9.46. The SMILES string of the molecule is COc1cccc(Oc2c(NS(=O)(=O)c3ccc(C(C)(C)C)cc3)cc(C(=O)O)cc2OCC(O)CO)c1. The van der Waals surface area contributed by atoms with Crippen LogP contribution in [0.3, 0.4) is 0 Å². The van der Waals surface area contributed by atoms with Crippen LogP contribution in [0, 0.1) is 0 Å². The highest BCUT2D eigenvalue weighted by atomic mass is 32.2. The summed E-state index contributed by atoms with van der Waals surface area (Å²) in [6.07, 6.45) is -1.27. The van der Waals surface area contributed by atoms with Gasteiger partial charge in [-0.05, 0) is 47.4 Å². The Morgan fingerprint density at radius 1 is 1.03 bits per heavy atom. The highest BCUT2D eigenvalue weighted by Gasteiger charge is 2.24. The van der Waals surface area contributed by atoms with E-state index < -0.39 is 35.3 Å². The Hall–Kier alpha value is -3.80. The van der Waals surface area contributed by atoms with E-state index in [1.807, 2.05) is 20.8 Å². The molecule has 3 aromatic carbocycles. The molecule has 0 aliphatic carbocycles. The van der Waals surface area contributed by atoms with Crippen LogP contribution in [0.2, 0.25) is 0 Å². The molecule has 4 N–H and O–H groups in total. The quantitative estimate of drug-likeness (QED) is 0.280. The first-order valence-corrected chi connectivity index (χ1v) is 13.1. The minimum absolute atomic E-state index is 0.0447. The second kappa shape index (κ2) is 11.7. The van der Waals surface area contributed by atoms with Crippen LogP contribution in [0.4, 0.5) is 5.69 Å². The van der Waals surface area contributed by atoms with Gasteiger partial charge in [0, 0.05) is 6.07 Å². The monoisotopic (exact) mass is 545 g/mol. The molecule has 1 atom stereocenters. The van der Waals surface area contributed by atoms with Crippen LogP contribution < -0.4 is 18.9 Å². The normalized spacial score (nSPS) is 12.5. The van der Waals surface area contributed by atoms with Crippen LogP contribution in [-0.2, 0) is 15.4 Å². The molecule has 38 heavy (non-hydrogen) atoms. The van der Waals surface area contributed by atoms with Gasteiger partial charge in [0.25, 0.3) is 10.0 Å². The largest absolute Gasteiger partial charge is 0.497 e. The number of ether oxygens (including phenoxy) is 3. The van der Waals surface area contributed by atoms with E-state index in [0.717, 1.165) is 17.7 Å². The molecule has 1 unspecified atom stereocenters. The number of hydrogen-bond acceptors (Lipinski definition) is 8. The highest BCUT2D eigenvalue weighted by Crippen LogP contribution is 2.42. The van der Waals surface area contributed by atoms with E-state index in [-0.39, 0.29) is 38.8 Å². The van der Waals surface area contributed by atoms with E-state index in [9.17, 15) is 23.4 Å². The second-order valence-corrected chi connectivity index (χ2v) is 11.1. The molecule has 0 aliphatic rings. The molecule has 3 rings (SSSR count). The van der Waals surface area contributed by atoms with E-state index in [4.69, 9.17) is 19.3 Å². The maximum absolute atomic E-state index is 13.3. The van der Waals surface area contributed by atoms with Crippen LogP contribution >= 0.6 is 0 Å². The zero-order valence-electron chi connectivity index (χ0n) is 21.5. The van der Waals surface area contributed by atoms with Crippen LogP contribution in [-0.4, -0.2) is 56.1 Å². The predicted molar refractivity (Wildman–Crippen MR) is 141 cm³/mol. The fourth-order valence-corrected chi connectivity index (χ4v) is 4.43. The van der Waals surface area contributed by atoms with Crippen LogP contribution in [0.25, 0.3) is 0 Å². The Labute approximate surface area is 221 Å². The number of methoxy groups -OCH3 is 1. The Morgan fingerprint density at radius 3 is 2.26 bits per heavy atom. The predicted octanol–water partition coefficient (Wildman–Crippen LogP) is 4.02. The van der Waals surface area contributed by atoms with E-state index in [2.05, 4.69) is 4.72 Å². The van der Waals surface area contributed by atoms with Crippen LogP contribution in [0.5, 0.6) is 23.0 Å². The number of aliphatic hydroxyl groups excluding tert-OH is 2. The van der Waals surface area contributed by atoms with Gasteiger partial charge in [0.1, 0.15) is 24.2 Å². The van der Waals surface area contributed by atoms with E-state index >= 15 is 0 Å². The molecule has 0 fully saturated rings. The molecule has 0 bridgehead atoms. The average Bonchev–Trinajstić information content (AvgIpc) is 2.87. The molecule has 11 heteroatoms. The number of anilines is 1. The minimum Gasteiger partial charge on any atom is -0.497 e. The summed E-state index contributed by atoms with van der Waals surface area (Å²) in [5.74, 6) is -0.955. The van der Waals surface area contributed by atoms with Crippen molar-refractivity contribution in [3.05, 3.63) is 71.8 Å². The molecular weight excluding hydrogens is 514 g/mol. The Morgan fingerprint density at radius 2 is 1.68 bits per heavy atom. The topological polar surface area (TPSA) is 152 Å². The van der Waals surface area contributed by atoms with Gasteiger partial charge in [0.2, 0.25) is 0 Å². The minimum atomic E-state index is -4.19. The maximum atomic E-state index is 13.3. The Balaban J connectivity index is 2.11. The number of sulfonamides is 1. The number of benzene rings is 3. The number of rotatable bonds is 11. The third kappa shape index (κ3) is 7.15. The van der Waals surface area contributed by atoms with Crippen LogP contribution in [0.15, 0.2) is 65.6 Å². The summed E-state index contributed by atoms with van der Waals surface area (Å²) >= 11 is 0. The molecule has 0 aliphatic heterocycles. The number of aliphatic hydroxyl groups is 2. The average molecular weight is 546 g/mol. The first-order chi connectivity index (χ1) is 17.8. The van der Waals surface area contributed by atoms with Gasteiger partial charge in [-0.25, -0.2) is 13.2 Å². The van der Waals surface area contributed by atoms with Crippen molar-refractivity contribution >= 4 is 21.7 Å². The first kappa shape index (κ1) is 28.8. The molecule has 10 nitrogen and oxygen atoms in total. The van der Waals surface area contributed by atoms with E-state index in [1.54, 1.807) is 36.4 Å². The van der Waals surface area contributed by atoms with Crippen molar-refractivity contribution in [2.24, 2.45) is 0 Å². The fourth-order valence-electron chi connectivity index (χ4n) is 3.37. The van der Waals surface area contributed by atoms with Gasteiger partial charge in [-0.1, -0.05) is 39.0 Å². The molecule has 0 saturated carbocycles. The third-order valence-electron chi connectivity index (χ3n) is 5.48. The summed E-state index contributed by atoms with van der Waals surface area (Å²) in [7, 11) is -2.72. The number of aromatic carboxylic acids is 1. The van der Waals surface area contributed by atoms with Gasteiger partial charge in [0.15, 0.2) is 11.5 Å². The van der Waals surface area contributed by atoms with Crippen molar-refractivity contribution in [1.82, 2.24) is 0 Å². The van der Waals surface area contributed by atoms with Crippen molar-refractivity contribution in [2.75, 3.05) is 25.0 Å². The van der Waals surface area contributed by atoms with Crippen molar-refractivity contribution in [2.45, 2.75) is 37.2 Å². The molecule has 0 aromatic heterocycles. The lowest BCUT2D eigenvalue weighted by Gasteiger charge is -2.20. The van der Waals surface area contributed by atoms with Gasteiger partial charge < -0.3 is 29.5 Å². The number of nitrogens with one attached hydrogen (secondary N) is 1. The van der Waals surface area contributed by atoms with Crippen molar-refractivity contribution in [3.8, 4) is 23.0 Å². The van der Waals surface area contributed by atoms with Gasteiger partial charge >= 0.3 is 5.97 Å².